The zero-order valence-corrected chi connectivity index (χ0v) is 15.9. The highest BCUT2D eigenvalue weighted by Gasteiger charge is 2.33. The summed E-state index contributed by atoms with van der Waals surface area (Å²) >= 11 is 0. The monoisotopic (exact) mass is 376 g/mol. The van der Waals surface area contributed by atoms with Crippen molar-refractivity contribution in [3.8, 4) is 0 Å². The minimum absolute atomic E-state index is 0.180. The molecule has 0 aromatic carbocycles. The van der Waals surface area contributed by atoms with Crippen LogP contribution in [0.25, 0.3) is 0 Å². The van der Waals surface area contributed by atoms with Crippen molar-refractivity contribution in [3.63, 3.8) is 0 Å². The van der Waals surface area contributed by atoms with E-state index in [0.717, 1.165) is 0 Å². The van der Waals surface area contributed by atoms with E-state index in [1.54, 1.807) is 0 Å². The van der Waals surface area contributed by atoms with Crippen LogP contribution in [-0.4, -0.2) is 81.8 Å². The predicted molar refractivity (Wildman–Crippen MR) is 94.5 cm³/mol. The second-order valence-electron chi connectivity index (χ2n) is 7.05. The molecule has 0 rings (SSSR count). The Balaban J connectivity index is 5.00. The Bertz CT molecular complexity index is 439. The minimum Gasteiger partial charge on any atom is -0.396 e. The van der Waals surface area contributed by atoms with E-state index in [0.29, 0.717) is 0 Å². The van der Waals surface area contributed by atoms with Crippen molar-refractivity contribution in [2.45, 2.75) is 63.7 Å². The molecule has 0 radical (unpaired) electrons. The number of carbonyl (C=O) groups is 2. The molecule has 26 heavy (non-hydrogen) atoms. The van der Waals surface area contributed by atoms with E-state index in [-0.39, 0.29) is 39.3 Å². The Kier molecular flexibility index (Phi) is 10.5. The van der Waals surface area contributed by atoms with E-state index in [1.807, 2.05) is 0 Å². The zero-order chi connectivity index (χ0) is 20.4. The summed E-state index contributed by atoms with van der Waals surface area (Å²) in [6.45, 7) is 5.04. The number of hydrogen-bond acceptors (Lipinski definition) is 8. The lowest BCUT2D eigenvalue weighted by Crippen LogP contribution is -2.49. The molecule has 2 unspecified atom stereocenters. The van der Waals surface area contributed by atoms with Crippen LogP contribution in [0.4, 0.5) is 0 Å². The number of aliphatic hydroxyl groups excluding tert-OH is 4. The van der Waals surface area contributed by atoms with Crippen molar-refractivity contribution < 1.29 is 30.0 Å². The van der Waals surface area contributed by atoms with Crippen LogP contribution in [0.15, 0.2) is 10.2 Å². The number of amides is 2. The summed E-state index contributed by atoms with van der Waals surface area (Å²) in [5, 5.41) is 49.3. The maximum atomic E-state index is 12.3. The highest BCUT2D eigenvalue weighted by atomic mass is 16.3. The fourth-order valence-corrected chi connectivity index (χ4v) is 1.79. The van der Waals surface area contributed by atoms with E-state index in [2.05, 4.69) is 20.9 Å². The normalized spacial score (nSPS) is 14.9. The number of nitrogens with zero attached hydrogens (tertiary/aromatic N) is 2. The van der Waals surface area contributed by atoms with Crippen molar-refractivity contribution >= 4 is 11.8 Å². The topological polar surface area (TPSA) is 164 Å². The standard InChI is InChI=1S/C16H32N4O6/c1-15(2,13(25)17-11(9-23)5-7-21)19-20-16(3,4)14(26)18-12(10-24)6-8-22/h11-12,21-24H,5-10H2,1-4H3,(H,17,25)(H,18,26). The van der Waals surface area contributed by atoms with Gasteiger partial charge in [0.1, 0.15) is 0 Å². The Morgan fingerprint density at radius 1 is 0.769 bits per heavy atom. The number of hydrogen-bond donors (Lipinski definition) is 6. The molecule has 0 aromatic rings. The third-order valence-electron chi connectivity index (χ3n) is 3.73. The molecule has 10 nitrogen and oxygen atoms in total. The summed E-state index contributed by atoms with van der Waals surface area (Å²) < 4.78 is 0. The molecular weight excluding hydrogens is 344 g/mol. The van der Waals surface area contributed by atoms with Crippen LogP contribution in [0, 0.1) is 0 Å². The number of aliphatic hydroxyl groups is 4. The fraction of sp³-hybridized carbons (Fsp3) is 0.875. The summed E-state index contributed by atoms with van der Waals surface area (Å²) in [7, 11) is 0. The van der Waals surface area contributed by atoms with Gasteiger partial charge in [-0.25, -0.2) is 0 Å². The Hall–Kier alpha value is -1.62. The molecule has 0 saturated carbocycles. The Labute approximate surface area is 153 Å². The van der Waals surface area contributed by atoms with Crippen molar-refractivity contribution in [2.75, 3.05) is 26.4 Å². The van der Waals surface area contributed by atoms with E-state index in [9.17, 15) is 19.8 Å². The van der Waals surface area contributed by atoms with Crippen LogP contribution in [-0.2, 0) is 9.59 Å². The number of carbonyl (C=O) groups excluding carboxylic acids is 2. The smallest absolute Gasteiger partial charge is 0.249 e. The highest BCUT2D eigenvalue weighted by Crippen LogP contribution is 2.17. The molecular formula is C16H32N4O6. The van der Waals surface area contributed by atoms with Gasteiger partial charge in [-0.2, -0.15) is 10.2 Å². The van der Waals surface area contributed by atoms with Crippen molar-refractivity contribution in [1.29, 1.82) is 0 Å². The maximum Gasteiger partial charge on any atom is 0.249 e. The van der Waals surface area contributed by atoms with Crippen LogP contribution in [0.2, 0.25) is 0 Å². The Morgan fingerprint density at radius 2 is 1.08 bits per heavy atom. The van der Waals surface area contributed by atoms with Gasteiger partial charge in [-0.05, 0) is 40.5 Å². The van der Waals surface area contributed by atoms with Crippen LogP contribution >= 0.6 is 0 Å². The third-order valence-corrected chi connectivity index (χ3v) is 3.73. The van der Waals surface area contributed by atoms with Crippen molar-refractivity contribution in [3.05, 3.63) is 0 Å². The summed E-state index contributed by atoms with van der Waals surface area (Å²) in [5.74, 6) is -1.00. The molecule has 6 N–H and O–H groups in total. The van der Waals surface area contributed by atoms with Gasteiger partial charge in [0.25, 0.3) is 0 Å². The summed E-state index contributed by atoms with van der Waals surface area (Å²) in [4.78, 5) is 24.6. The van der Waals surface area contributed by atoms with E-state index in [4.69, 9.17) is 10.2 Å². The molecule has 152 valence electrons. The van der Waals surface area contributed by atoms with Crippen molar-refractivity contribution in [1.82, 2.24) is 10.6 Å². The SMILES string of the molecule is CC(C)(N=NC(C)(C)C(=O)NC(CO)CCO)C(=O)NC(CO)CCO. The first-order chi connectivity index (χ1) is 12.0. The molecule has 0 aliphatic heterocycles. The van der Waals surface area contributed by atoms with Gasteiger partial charge in [-0.1, -0.05) is 0 Å². The predicted octanol–water partition coefficient (Wildman–Crippen LogP) is -1.29. The number of nitrogens with one attached hydrogen (secondary N) is 2. The number of azo groups is 1. The van der Waals surface area contributed by atoms with Gasteiger partial charge >= 0.3 is 0 Å². The lowest BCUT2D eigenvalue weighted by Gasteiger charge is -2.25. The molecule has 0 bridgehead atoms. The molecule has 0 fully saturated rings. The van der Waals surface area contributed by atoms with Crippen LogP contribution in [0.5, 0.6) is 0 Å². The lowest BCUT2D eigenvalue weighted by atomic mass is 10.0. The largest absolute Gasteiger partial charge is 0.396 e. The average Bonchev–Trinajstić information content (AvgIpc) is 2.58. The second kappa shape index (κ2) is 11.2. The van der Waals surface area contributed by atoms with E-state index >= 15 is 0 Å². The molecule has 0 heterocycles. The highest BCUT2D eigenvalue weighted by molar-refractivity contribution is 5.87. The van der Waals surface area contributed by atoms with Gasteiger partial charge in [-0.15, -0.1) is 0 Å². The van der Waals surface area contributed by atoms with Gasteiger partial charge in [0.2, 0.25) is 11.8 Å². The maximum absolute atomic E-state index is 12.3. The first kappa shape index (κ1) is 24.4. The summed E-state index contributed by atoms with van der Waals surface area (Å²) in [5.41, 5.74) is -2.58. The van der Waals surface area contributed by atoms with Crippen LogP contribution in [0.1, 0.15) is 40.5 Å². The quantitative estimate of drug-likeness (QED) is 0.232. The summed E-state index contributed by atoms with van der Waals surface area (Å²) in [6, 6.07) is -1.19. The van der Waals surface area contributed by atoms with Crippen LogP contribution in [0.3, 0.4) is 0 Å². The minimum atomic E-state index is -1.29. The third kappa shape index (κ3) is 8.17. The van der Waals surface area contributed by atoms with Gasteiger partial charge < -0.3 is 31.1 Å². The fourth-order valence-electron chi connectivity index (χ4n) is 1.79. The van der Waals surface area contributed by atoms with Crippen molar-refractivity contribution in [2.24, 2.45) is 10.2 Å². The molecule has 0 saturated heterocycles. The van der Waals surface area contributed by atoms with Crippen LogP contribution < -0.4 is 10.6 Å². The Morgan fingerprint density at radius 3 is 1.31 bits per heavy atom. The molecule has 2 amide bonds. The molecule has 0 aliphatic carbocycles. The molecule has 0 aliphatic rings. The first-order valence-corrected chi connectivity index (χ1v) is 8.53. The first-order valence-electron chi connectivity index (χ1n) is 8.53. The van der Waals surface area contributed by atoms with Gasteiger partial charge in [0, 0.05) is 13.2 Å². The average molecular weight is 376 g/mol. The molecule has 2 atom stereocenters. The lowest BCUT2D eigenvalue weighted by molar-refractivity contribution is -0.128. The van der Waals surface area contributed by atoms with E-state index in [1.165, 1.54) is 27.7 Å². The van der Waals surface area contributed by atoms with Gasteiger partial charge in [0.15, 0.2) is 11.1 Å². The van der Waals surface area contributed by atoms with Gasteiger partial charge in [0.05, 0.1) is 25.3 Å². The summed E-state index contributed by atoms with van der Waals surface area (Å²) in [6.07, 6.45) is 0.410. The zero-order valence-electron chi connectivity index (χ0n) is 15.9. The van der Waals surface area contributed by atoms with Gasteiger partial charge in [-0.3, -0.25) is 9.59 Å². The molecule has 0 spiro atoms. The number of rotatable bonds is 12. The molecule has 0 aromatic heterocycles. The second-order valence-corrected chi connectivity index (χ2v) is 7.05. The molecule has 10 heteroatoms. The van der Waals surface area contributed by atoms with E-state index < -0.39 is 35.0 Å².